The van der Waals surface area contributed by atoms with Crippen molar-refractivity contribution in [1.82, 2.24) is 9.62 Å². The van der Waals surface area contributed by atoms with Crippen LogP contribution in [0.4, 0.5) is 0 Å². The Morgan fingerprint density at radius 2 is 2.17 bits per heavy atom. The van der Waals surface area contributed by atoms with Crippen molar-refractivity contribution in [3.8, 4) is 0 Å². The summed E-state index contributed by atoms with van der Waals surface area (Å²) in [5.41, 5.74) is 0. The van der Waals surface area contributed by atoms with Crippen LogP contribution < -0.4 is 5.32 Å². The second-order valence-corrected chi connectivity index (χ2v) is 6.74. The Hall–Kier alpha value is -1.15. The third-order valence-corrected chi connectivity index (χ3v) is 4.58. The summed E-state index contributed by atoms with van der Waals surface area (Å²) in [4.78, 5) is 22.2. The fourth-order valence-electron chi connectivity index (χ4n) is 1.62. The minimum Gasteiger partial charge on any atom is -0.480 e. The molecule has 0 bridgehead atoms. The summed E-state index contributed by atoms with van der Waals surface area (Å²) < 4.78 is 24.9. The topological polar surface area (TPSA) is 104 Å². The lowest BCUT2D eigenvalue weighted by atomic mass is 10.2. The smallest absolute Gasteiger partial charge is 0.323 e. The zero-order chi connectivity index (χ0) is 13.9. The van der Waals surface area contributed by atoms with Crippen molar-refractivity contribution in [2.75, 3.05) is 18.8 Å². The van der Waals surface area contributed by atoms with Gasteiger partial charge in [-0.25, -0.2) is 8.42 Å². The Morgan fingerprint density at radius 1 is 1.56 bits per heavy atom. The highest BCUT2D eigenvalue weighted by atomic mass is 32.2. The highest BCUT2D eigenvalue weighted by Gasteiger charge is 2.39. The number of carbonyl (C=O) groups excluding carboxylic acids is 1. The second kappa shape index (κ2) is 5.66. The molecule has 1 fully saturated rings. The van der Waals surface area contributed by atoms with Crippen LogP contribution in [0.15, 0.2) is 0 Å². The molecule has 0 radical (unpaired) electrons. The zero-order valence-corrected chi connectivity index (χ0v) is 11.2. The number of aliphatic carboxylic acids is 1. The molecule has 1 unspecified atom stereocenters. The molecular weight excluding hydrogens is 260 g/mol. The predicted octanol–water partition coefficient (Wildman–Crippen LogP) is -0.753. The first kappa shape index (κ1) is 14.9. The average Bonchev–Trinajstić information content (AvgIpc) is 2.26. The molecule has 1 aliphatic rings. The molecule has 0 aromatic carbocycles. The van der Waals surface area contributed by atoms with Crippen LogP contribution in [0.3, 0.4) is 0 Å². The van der Waals surface area contributed by atoms with E-state index in [2.05, 4.69) is 5.32 Å². The monoisotopic (exact) mass is 278 g/mol. The summed E-state index contributed by atoms with van der Waals surface area (Å²) in [5.74, 6) is -1.66. The Labute approximate surface area is 106 Å². The largest absolute Gasteiger partial charge is 0.480 e. The summed E-state index contributed by atoms with van der Waals surface area (Å²) in [6.45, 7) is 3.16. The van der Waals surface area contributed by atoms with E-state index in [4.69, 9.17) is 5.11 Å². The molecule has 1 atom stereocenters. The van der Waals surface area contributed by atoms with Crippen LogP contribution in [-0.2, 0) is 19.6 Å². The third-order valence-electron chi connectivity index (χ3n) is 2.74. The van der Waals surface area contributed by atoms with Gasteiger partial charge in [0.2, 0.25) is 15.9 Å². The molecule has 0 aliphatic carbocycles. The molecule has 0 aromatic rings. The van der Waals surface area contributed by atoms with Crippen LogP contribution in [0.1, 0.15) is 20.3 Å². The summed E-state index contributed by atoms with van der Waals surface area (Å²) in [7, 11) is -3.71. The van der Waals surface area contributed by atoms with Gasteiger partial charge in [-0.3, -0.25) is 9.59 Å². The van der Waals surface area contributed by atoms with Gasteiger partial charge in [0, 0.05) is 6.54 Å². The van der Waals surface area contributed by atoms with E-state index in [9.17, 15) is 18.0 Å². The number of hydrogen-bond acceptors (Lipinski definition) is 4. The minimum absolute atomic E-state index is 0.137. The quantitative estimate of drug-likeness (QED) is 0.688. The standard InChI is InChI=1S/C10H18N2O5S/c1-7(2)3-4-18(16,17)12-6-9(13)11-5-8(12)10(14)15/h7-8H,3-6H2,1-2H3,(H,11,13)(H,14,15). The molecule has 0 spiro atoms. The minimum atomic E-state index is -3.71. The fourth-order valence-corrected chi connectivity index (χ4v) is 3.49. The van der Waals surface area contributed by atoms with Gasteiger partial charge < -0.3 is 10.4 Å². The molecule has 104 valence electrons. The molecule has 1 saturated heterocycles. The number of piperazine rings is 1. The SMILES string of the molecule is CC(C)CCS(=O)(=O)N1CC(=O)NCC1C(=O)O. The highest BCUT2D eigenvalue weighted by Crippen LogP contribution is 2.14. The number of carbonyl (C=O) groups is 2. The molecule has 18 heavy (non-hydrogen) atoms. The van der Waals surface area contributed by atoms with Crippen molar-refractivity contribution in [1.29, 1.82) is 0 Å². The van der Waals surface area contributed by atoms with Crippen LogP contribution >= 0.6 is 0 Å². The number of amides is 1. The van der Waals surface area contributed by atoms with Crippen molar-refractivity contribution in [2.24, 2.45) is 5.92 Å². The Morgan fingerprint density at radius 3 is 2.67 bits per heavy atom. The normalized spacial score (nSPS) is 21.9. The van der Waals surface area contributed by atoms with E-state index < -0.39 is 34.5 Å². The van der Waals surface area contributed by atoms with Crippen molar-refractivity contribution in [3.63, 3.8) is 0 Å². The van der Waals surface area contributed by atoms with Gasteiger partial charge in [0.25, 0.3) is 0 Å². The van der Waals surface area contributed by atoms with Gasteiger partial charge in [-0.15, -0.1) is 0 Å². The zero-order valence-electron chi connectivity index (χ0n) is 10.4. The molecule has 8 heteroatoms. The molecule has 1 heterocycles. The van der Waals surface area contributed by atoms with Crippen LogP contribution in [0.2, 0.25) is 0 Å². The maximum absolute atomic E-state index is 12.0. The molecule has 7 nitrogen and oxygen atoms in total. The summed E-state index contributed by atoms with van der Waals surface area (Å²) in [6.07, 6.45) is 0.437. The van der Waals surface area contributed by atoms with Crippen LogP contribution in [0, 0.1) is 5.92 Å². The number of hydrogen-bond donors (Lipinski definition) is 2. The van der Waals surface area contributed by atoms with Crippen molar-refractivity contribution >= 4 is 21.9 Å². The maximum Gasteiger partial charge on any atom is 0.323 e. The van der Waals surface area contributed by atoms with E-state index in [0.717, 1.165) is 4.31 Å². The van der Waals surface area contributed by atoms with Gasteiger partial charge in [0.1, 0.15) is 6.04 Å². The van der Waals surface area contributed by atoms with Crippen LogP contribution in [0.25, 0.3) is 0 Å². The van der Waals surface area contributed by atoms with Gasteiger partial charge in [-0.1, -0.05) is 13.8 Å². The summed E-state index contributed by atoms with van der Waals surface area (Å²) >= 11 is 0. The van der Waals surface area contributed by atoms with Crippen LogP contribution in [0.5, 0.6) is 0 Å². The maximum atomic E-state index is 12.0. The lowest BCUT2D eigenvalue weighted by molar-refractivity contribution is -0.143. The second-order valence-electron chi connectivity index (χ2n) is 4.70. The highest BCUT2D eigenvalue weighted by molar-refractivity contribution is 7.89. The van der Waals surface area contributed by atoms with Gasteiger partial charge >= 0.3 is 5.97 Å². The number of nitrogens with one attached hydrogen (secondary N) is 1. The molecule has 1 amide bonds. The van der Waals surface area contributed by atoms with Crippen LogP contribution in [-0.4, -0.2) is 54.6 Å². The van der Waals surface area contributed by atoms with E-state index in [-0.39, 0.29) is 18.2 Å². The fraction of sp³-hybridized carbons (Fsp3) is 0.800. The van der Waals surface area contributed by atoms with Gasteiger partial charge in [-0.2, -0.15) is 4.31 Å². The number of carboxylic acid groups (broad SMARTS) is 1. The Balaban J connectivity index is 2.87. The number of carboxylic acids is 1. The molecule has 0 saturated carbocycles. The van der Waals surface area contributed by atoms with E-state index in [1.807, 2.05) is 13.8 Å². The van der Waals surface area contributed by atoms with Gasteiger partial charge in [0.15, 0.2) is 0 Å². The molecule has 0 aromatic heterocycles. The van der Waals surface area contributed by atoms with Crippen molar-refractivity contribution < 1.29 is 23.1 Å². The molecule has 2 N–H and O–H groups in total. The number of sulfonamides is 1. The first-order valence-electron chi connectivity index (χ1n) is 5.73. The van der Waals surface area contributed by atoms with Gasteiger partial charge in [0.05, 0.1) is 12.3 Å². The summed E-state index contributed by atoms with van der Waals surface area (Å²) in [5, 5.41) is 11.3. The first-order valence-corrected chi connectivity index (χ1v) is 7.34. The molecule has 1 rings (SSSR count). The lowest BCUT2D eigenvalue weighted by Gasteiger charge is -2.31. The number of rotatable bonds is 5. The Bertz CT molecular complexity index is 432. The Kier molecular flexibility index (Phi) is 4.69. The van der Waals surface area contributed by atoms with Gasteiger partial charge in [-0.05, 0) is 12.3 Å². The van der Waals surface area contributed by atoms with Crippen molar-refractivity contribution in [3.05, 3.63) is 0 Å². The lowest BCUT2D eigenvalue weighted by Crippen LogP contribution is -2.59. The average molecular weight is 278 g/mol. The first-order chi connectivity index (χ1) is 8.24. The van der Waals surface area contributed by atoms with E-state index in [1.54, 1.807) is 0 Å². The third kappa shape index (κ3) is 3.67. The van der Waals surface area contributed by atoms with Crippen molar-refractivity contribution in [2.45, 2.75) is 26.3 Å². The predicted molar refractivity (Wildman–Crippen MR) is 64.4 cm³/mol. The van der Waals surface area contributed by atoms with E-state index in [1.165, 1.54) is 0 Å². The molecular formula is C10H18N2O5S. The van der Waals surface area contributed by atoms with E-state index >= 15 is 0 Å². The summed E-state index contributed by atoms with van der Waals surface area (Å²) in [6, 6.07) is -1.21. The van der Waals surface area contributed by atoms with E-state index in [0.29, 0.717) is 6.42 Å². The number of nitrogens with zero attached hydrogens (tertiary/aromatic N) is 1. The molecule has 1 aliphatic heterocycles.